The van der Waals surface area contributed by atoms with Gasteiger partial charge in [0.2, 0.25) is 0 Å². The first-order valence-electron chi connectivity index (χ1n) is 5.53. The van der Waals surface area contributed by atoms with E-state index in [-0.39, 0.29) is 0 Å². The van der Waals surface area contributed by atoms with Crippen molar-refractivity contribution in [2.75, 3.05) is 5.32 Å². The smallest absolute Gasteiger partial charge is 0.126 e. The van der Waals surface area contributed by atoms with E-state index in [2.05, 4.69) is 22.4 Å². The summed E-state index contributed by atoms with van der Waals surface area (Å²) in [6, 6.07) is 6.89. The monoisotopic (exact) mass is 188 g/mol. The van der Waals surface area contributed by atoms with Gasteiger partial charge in [-0.3, -0.25) is 0 Å². The maximum absolute atomic E-state index is 4.48. The van der Waals surface area contributed by atoms with Gasteiger partial charge in [-0.05, 0) is 50.2 Å². The van der Waals surface area contributed by atoms with Crippen LogP contribution >= 0.6 is 0 Å². The zero-order valence-corrected chi connectivity index (χ0v) is 8.53. The summed E-state index contributed by atoms with van der Waals surface area (Å²) in [6.07, 6.45) is 4.21. The Morgan fingerprint density at radius 1 is 1.36 bits per heavy atom. The molecule has 0 aromatic carbocycles. The van der Waals surface area contributed by atoms with Crippen LogP contribution in [-0.2, 0) is 0 Å². The molecule has 2 nitrogen and oxygen atoms in total. The maximum atomic E-state index is 4.48. The lowest BCUT2D eigenvalue weighted by molar-refractivity contribution is 0.651. The number of hydrogen-bond acceptors (Lipinski definition) is 2. The van der Waals surface area contributed by atoms with Gasteiger partial charge in [0.05, 0.1) is 0 Å². The lowest BCUT2D eigenvalue weighted by Crippen LogP contribution is -2.19. The number of hydrogen-bond donors (Lipinski definition) is 1. The van der Waals surface area contributed by atoms with Gasteiger partial charge in [0, 0.05) is 11.7 Å². The van der Waals surface area contributed by atoms with Crippen LogP contribution in [0.2, 0.25) is 0 Å². The van der Waals surface area contributed by atoms with Crippen LogP contribution in [0.5, 0.6) is 0 Å². The van der Waals surface area contributed by atoms with Gasteiger partial charge >= 0.3 is 0 Å². The first kappa shape index (κ1) is 8.27. The van der Waals surface area contributed by atoms with Crippen LogP contribution in [0.1, 0.15) is 25.0 Å². The third-order valence-corrected chi connectivity index (χ3v) is 3.56. The molecular weight excluding hydrogens is 172 g/mol. The van der Waals surface area contributed by atoms with Crippen molar-refractivity contribution < 1.29 is 0 Å². The Morgan fingerprint density at radius 2 is 2.29 bits per heavy atom. The van der Waals surface area contributed by atoms with E-state index in [1.807, 2.05) is 13.0 Å². The van der Waals surface area contributed by atoms with Crippen molar-refractivity contribution in [2.24, 2.45) is 11.8 Å². The van der Waals surface area contributed by atoms with Gasteiger partial charge in [-0.2, -0.15) is 0 Å². The lowest BCUT2D eigenvalue weighted by atomic mass is 10.2. The molecule has 0 amide bonds. The Hall–Kier alpha value is -1.05. The Labute approximate surface area is 84.7 Å². The molecule has 3 rings (SSSR count). The van der Waals surface area contributed by atoms with Crippen molar-refractivity contribution in [1.29, 1.82) is 0 Å². The standard InChI is InChI=1S/C12H16N2/c1-8-3-2-4-12(13-8)14-11-6-5-9-7-10(9)11/h2-4,9-11H,5-7H2,1H3,(H,13,14). The molecular formula is C12H16N2. The molecule has 0 bridgehead atoms. The Kier molecular flexibility index (Phi) is 1.76. The van der Waals surface area contributed by atoms with Gasteiger partial charge < -0.3 is 5.32 Å². The van der Waals surface area contributed by atoms with E-state index in [1.54, 1.807) is 0 Å². The third kappa shape index (κ3) is 1.39. The van der Waals surface area contributed by atoms with Gasteiger partial charge in [0.1, 0.15) is 5.82 Å². The number of nitrogens with one attached hydrogen (secondary N) is 1. The maximum Gasteiger partial charge on any atom is 0.126 e. The molecule has 14 heavy (non-hydrogen) atoms. The van der Waals surface area contributed by atoms with E-state index in [1.165, 1.54) is 19.3 Å². The molecule has 1 aromatic rings. The van der Waals surface area contributed by atoms with Crippen LogP contribution < -0.4 is 5.32 Å². The summed E-state index contributed by atoms with van der Waals surface area (Å²) in [7, 11) is 0. The van der Waals surface area contributed by atoms with Crippen molar-refractivity contribution in [2.45, 2.75) is 32.2 Å². The number of anilines is 1. The fourth-order valence-electron chi connectivity index (χ4n) is 2.70. The van der Waals surface area contributed by atoms with Crippen LogP contribution in [0.3, 0.4) is 0 Å². The average Bonchev–Trinajstić information content (AvgIpc) is 2.84. The van der Waals surface area contributed by atoms with Crippen molar-refractivity contribution >= 4 is 5.82 Å². The highest BCUT2D eigenvalue weighted by atomic mass is 15.0. The van der Waals surface area contributed by atoms with Crippen molar-refractivity contribution in [3.8, 4) is 0 Å². The minimum absolute atomic E-state index is 0.703. The highest BCUT2D eigenvalue weighted by Gasteiger charge is 2.47. The predicted molar refractivity (Wildman–Crippen MR) is 57.2 cm³/mol. The van der Waals surface area contributed by atoms with Crippen LogP contribution in [0.25, 0.3) is 0 Å². The highest BCUT2D eigenvalue weighted by Crippen LogP contribution is 2.52. The summed E-state index contributed by atoms with van der Waals surface area (Å²) in [5.41, 5.74) is 1.10. The summed E-state index contributed by atoms with van der Waals surface area (Å²) in [5.74, 6) is 3.05. The molecule has 74 valence electrons. The number of nitrogens with zero attached hydrogens (tertiary/aromatic N) is 1. The average molecular weight is 188 g/mol. The SMILES string of the molecule is Cc1cccc(NC2CCC3CC32)n1. The molecule has 3 atom stereocenters. The summed E-state index contributed by atoms with van der Waals surface area (Å²) >= 11 is 0. The van der Waals surface area contributed by atoms with Gasteiger partial charge in [-0.15, -0.1) is 0 Å². The second-order valence-electron chi connectivity index (χ2n) is 4.65. The topological polar surface area (TPSA) is 24.9 Å². The lowest BCUT2D eigenvalue weighted by Gasteiger charge is -2.14. The van der Waals surface area contributed by atoms with E-state index in [9.17, 15) is 0 Å². The van der Waals surface area contributed by atoms with Gasteiger partial charge in [-0.1, -0.05) is 6.07 Å². The molecule has 1 N–H and O–H groups in total. The van der Waals surface area contributed by atoms with E-state index >= 15 is 0 Å². The Balaban J connectivity index is 1.71. The summed E-state index contributed by atoms with van der Waals surface area (Å²) in [5, 5.41) is 3.56. The molecule has 2 saturated carbocycles. The van der Waals surface area contributed by atoms with E-state index < -0.39 is 0 Å². The fraction of sp³-hybridized carbons (Fsp3) is 0.583. The van der Waals surface area contributed by atoms with Crippen LogP contribution in [0, 0.1) is 18.8 Å². The molecule has 0 saturated heterocycles. The molecule has 0 spiro atoms. The minimum atomic E-state index is 0.703. The quantitative estimate of drug-likeness (QED) is 0.771. The fourth-order valence-corrected chi connectivity index (χ4v) is 2.70. The largest absolute Gasteiger partial charge is 0.367 e. The molecule has 0 radical (unpaired) electrons. The molecule has 2 aliphatic rings. The first-order chi connectivity index (χ1) is 6.83. The molecule has 2 heteroatoms. The highest BCUT2D eigenvalue weighted by molar-refractivity contribution is 5.37. The predicted octanol–water partition coefficient (Wildman–Crippen LogP) is 2.60. The van der Waals surface area contributed by atoms with E-state index in [4.69, 9.17) is 0 Å². The van der Waals surface area contributed by atoms with Crippen molar-refractivity contribution in [1.82, 2.24) is 4.98 Å². The Bertz CT molecular complexity index is 348. The van der Waals surface area contributed by atoms with Crippen molar-refractivity contribution in [3.05, 3.63) is 23.9 Å². The van der Waals surface area contributed by atoms with E-state index in [0.29, 0.717) is 6.04 Å². The van der Waals surface area contributed by atoms with Crippen LogP contribution in [0.15, 0.2) is 18.2 Å². The van der Waals surface area contributed by atoms with Crippen molar-refractivity contribution in [3.63, 3.8) is 0 Å². The zero-order valence-electron chi connectivity index (χ0n) is 8.53. The van der Waals surface area contributed by atoms with Gasteiger partial charge in [0.25, 0.3) is 0 Å². The van der Waals surface area contributed by atoms with E-state index in [0.717, 1.165) is 23.3 Å². The van der Waals surface area contributed by atoms with Gasteiger partial charge in [0.15, 0.2) is 0 Å². The molecule has 1 aromatic heterocycles. The van der Waals surface area contributed by atoms with Crippen LogP contribution in [0.4, 0.5) is 5.82 Å². The number of aryl methyl sites for hydroxylation is 1. The molecule has 0 aliphatic heterocycles. The number of aromatic nitrogens is 1. The normalized spacial score (nSPS) is 33.9. The molecule has 2 aliphatic carbocycles. The minimum Gasteiger partial charge on any atom is -0.367 e. The Morgan fingerprint density at radius 3 is 2.93 bits per heavy atom. The molecule has 2 fully saturated rings. The second kappa shape index (κ2) is 2.97. The number of pyridine rings is 1. The molecule has 1 heterocycles. The second-order valence-corrected chi connectivity index (χ2v) is 4.65. The summed E-state index contributed by atoms with van der Waals surface area (Å²) < 4.78 is 0. The number of fused-ring (bicyclic) bond motifs is 1. The summed E-state index contributed by atoms with van der Waals surface area (Å²) in [6.45, 7) is 2.04. The molecule has 3 unspecified atom stereocenters. The first-order valence-corrected chi connectivity index (χ1v) is 5.53. The third-order valence-electron chi connectivity index (χ3n) is 3.56. The van der Waals surface area contributed by atoms with Gasteiger partial charge in [-0.25, -0.2) is 4.98 Å². The summed E-state index contributed by atoms with van der Waals surface area (Å²) in [4.78, 5) is 4.48. The zero-order chi connectivity index (χ0) is 9.54. The number of rotatable bonds is 2. The van der Waals surface area contributed by atoms with Crippen LogP contribution in [-0.4, -0.2) is 11.0 Å².